The topological polar surface area (TPSA) is 24.9 Å². The van der Waals surface area contributed by atoms with Crippen LogP contribution in [0.2, 0.25) is 0 Å². The molecule has 1 unspecified atom stereocenters. The number of rotatable bonds is 3. The second kappa shape index (κ2) is 4.45. The first-order valence-corrected chi connectivity index (χ1v) is 5.15. The summed E-state index contributed by atoms with van der Waals surface area (Å²) in [6.07, 6.45) is 1.81. The van der Waals surface area contributed by atoms with Crippen LogP contribution in [0.15, 0.2) is 24.4 Å². The Kier molecular flexibility index (Phi) is 3.50. The molecule has 0 spiro atoms. The molecule has 0 radical (unpaired) electrons. The molecule has 2 nitrogen and oxygen atoms in total. The van der Waals surface area contributed by atoms with Gasteiger partial charge in [-0.25, -0.2) is 4.98 Å². The molecule has 0 amide bonds. The summed E-state index contributed by atoms with van der Waals surface area (Å²) in [5.41, 5.74) is 0.349. The third-order valence-electron chi connectivity index (χ3n) is 2.73. The van der Waals surface area contributed by atoms with Gasteiger partial charge in [0.1, 0.15) is 5.82 Å². The Bertz CT molecular complexity index is 261. The predicted molar refractivity (Wildman–Crippen MR) is 61.3 cm³/mol. The van der Waals surface area contributed by atoms with Crippen LogP contribution in [0.4, 0.5) is 5.82 Å². The van der Waals surface area contributed by atoms with E-state index in [1.807, 2.05) is 24.4 Å². The lowest BCUT2D eigenvalue weighted by molar-refractivity contribution is 0.274. The van der Waals surface area contributed by atoms with Crippen LogP contribution in [-0.4, -0.2) is 11.5 Å². The van der Waals surface area contributed by atoms with E-state index in [2.05, 4.69) is 38.0 Å². The number of hydrogen-bond acceptors (Lipinski definition) is 2. The van der Waals surface area contributed by atoms with Gasteiger partial charge in [0.15, 0.2) is 0 Å². The highest BCUT2D eigenvalue weighted by atomic mass is 15.0. The first-order chi connectivity index (χ1) is 6.50. The lowest BCUT2D eigenvalue weighted by Crippen LogP contribution is -2.25. The monoisotopic (exact) mass is 192 g/mol. The van der Waals surface area contributed by atoms with Gasteiger partial charge in [0.25, 0.3) is 0 Å². The summed E-state index contributed by atoms with van der Waals surface area (Å²) in [5.74, 6) is 1.59. The standard InChI is InChI=1S/C12H20N2/c1-10(12(2,3)4)9-14-11-7-5-6-8-13-11/h5-8,10H,9H2,1-4H3,(H,13,14). The van der Waals surface area contributed by atoms with Crippen LogP contribution < -0.4 is 5.32 Å². The van der Waals surface area contributed by atoms with Gasteiger partial charge in [-0.15, -0.1) is 0 Å². The Morgan fingerprint density at radius 1 is 1.36 bits per heavy atom. The normalized spacial score (nSPS) is 13.7. The third kappa shape index (κ3) is 3.36. The Hall–Kier alpha value is -1.05. The van der Waals surface area contributed by atoms with Crippen LogP contribution in [0, 0.1) is 11.3 Å². The van der Waals surface area contributed by atoms with Crippen molar-refractivity contribution < 1.29 is 0 Å². The Morgan fingerprint density at radius 3 is 2.57 bits per heavy atom. The fraction of sp³-hybridized carbons (Fsp3) is 0.583. The van der Waals surface area contributed by atoms with Crippen molar-refractivity contribution >= 4 is 5.82 Å². The molecule has 0 saturated carbocycles. The fourth-order valence-corrected chi connectivity index (χ4v) is 1.03. The molecule has 0 aromatic carbocycles. The second-order valence-electron chi connectivity index (χ2n) is 4.86. The van der Waals surface area contributed by atoms with Gasteiger partial charge < -0.3 is 5.32 Å². The molecule has 1 rings (SSSR count). The zero-order chi connectivity index (χ0) is 10.6. The molecular formula is C12H20N2. The third-order valence-corrected chi connectivity index (χ3v) is 2.73. The van der Waals surface area contributed by atoms with Gasteiger partial charge in [0.05, 0.1) is 0 Å². The first kappa shape index (κ1) is 11.0. The molecule has 1 aromatic rings. The number of nitrogens with one attached hydrogen (secondary N) is 1. The van der Waals surface area contributed by atoms with Crippen LogP contribution in [0.5, 0.6) is 0 Å². The van der Waals surface area contributed by atoms with Crippen molar-refractivity contribution in [2.75, 3.05) is 11.9 Å². The highest BCUT2D eigenvalue weighted by Gasteiger charge is 2.19. The van der Waals surface area contributed by atoms with Gasteiger partial charge in [-0.05, 0) is 23.5 Å². The molecule has 0 aliphatic rings. The molecule has 0 aliphatic heterocycles. The van der Waals surface area contributed by atoms with E-state index >= 15 is 0 Å². The van der Waals surface area contributed by atoms with Gasteiger partial charge in [0, 0.05) is 12.7 Å². The van der Waals surface area contributed by atoms with E-state index in [9.17, 15) is 0 Å². The average Bonchev–Trinajstić information content (AvgIpc) is 2.14. The Balaban J connectivity index is 2.42. The van der Waals surface area contributed by atoms with Crippen LogP contribution in [-0.2, 0) is 0 Å². The summed E-state index contributed by atoms with van der Waals surface area (Å²) in [7, 11) is 0. The van der Waals surface area contributed by atoms with Gasteiger partial charge in [-0.3, -0.25) is 0 Å². The molecule has 1 N–H and O–H groups in total. The number of aromatic nitrogens is 1. The lowest BCUT2D eigenvalue weighted by Gasteiger charge is -2.27. The highest BCUT2D eigenvalue weighted by Crippen LogP contribution is 2.25. The van der Waals surface area contributed by atoms with Crippen molar-refractivity contribution in [3.8, 4) is 0 Å². The largest absolute Gasteiger partial charge is 0.370 e. The van der Waals surface area contributed by atoms with Crippen LogP contribution in [0.3, 0.4) is 0 Å². The van der Waals surface area contributed by atoms with Gasteiger partial charge in [-0.1, -0.05) is 33.8 Å². The average molecular weight is 192 g/mol. The van der Waals surface area contributed by atoms with Crippen LogP contribution >= 0.6 is 0 Å². The number of anilines is 1. The molecule has 0 bridgehead atoms. The molecule has 14 heavy (non-hydrogen) atoms. The van der Waals surface area contributed by atoms with E-state index in [-0.39, 0.29) is 0 Å². The summed E-state index contributed by atoms with van der Waals surface area (Å²) >= 11 is 0. The van der Waals surface area contributed by atoms with E-state index in [0.717, 1.165) is 12.4 Å². The minimum atomic E-state index is 0.349. The van der Waals surface area contributed by atoms with E-state index in [1.54, 1.807) is 0 Å². The maximum atomic E-state index is 4.22. The zero-order valence-corrected chi connectivity index (χ0v) is 9.54. The predicted octanol–water partition coefficient (Wildman–Crippen LogP) is 3.18. The molecule has 1 atom stereocenters. The number of pyridine rings is 1. The minimum Gasteiger partial charge on any atom is -0.370 e. The Labute approximate surface area is 86.8 Å². The molecule has 0 aliphatic carbocycles. The quantitative estimate of drug-likeness (QED) is 0.795. The van der Waals surface area contributed by atoms with Crippen LogP contribution in [0.25, 0.3) is 0 Å². The lowest BCUT2D eigenvalue weighted by atomic mass is 9.82. The summed E-state index contributed by atoms with van der Waals surface area (Å²) in [5, 5.41) is 3.34. The van der Waals surface area contributed by atoms with Crippen molar-refractivity contribution in [1.29, 1.82) is 0 Å². The second-order valence-corrected chi connectivity index (χ2v) is 4.86. The summed E-state index contributed by atoms with van der Waals surface area (Å²) in [6.45, 7) is 10.0. The van der Waals surface area contributed by atoms with E-state index < -0.39 is 0 Å². The maximum Gasteiger partial charge on any atom is 0.125 e. The molecule has 78 valence electrons. The molecule has 2 heteroatoms. The maximum absolute atomic E-state index is 4.22. The SMILES string of the molecule is CC(CNc1ccccn1)C(C)(C)C. The van der Waals surface area contributed by atoms with Gasteiger partial charge in [0.2, 0.25) is 0 Å². The Morgan fingerprint density at radius 2 is 2.07 bits per heavy atom. The van der Waals surface area contributed by atoms with Crippen molar-refractivity contribution in [3.05, 3.63) is 24.4 Å². The molecule has 1 heterocycles. The van der Waals surface area contributed by atoms with Crippen molar-refractivity contribution in [1.82, 2.24) is 4.98 Å². The number of hydrogen-bond donors (Lipinski definition) is 1. The van der Waals surface area contributed by atoms with Crippen molar-refractivity contribution in [2.24, 2.45) is 11.3 Å². The molecular weight excluding hydrogens is 172 g/mol. The molecule has 0 saturated heterocycles. The van der Waals surface area contributed by atoms with Crippen molar-refractivity contribution in [2.45, 2.75) is 27.7 Å². The summed E-state index contributed by atoms with van der Waals surface area (Å²) in [4.78, 5) is 4.22. The smallest absolute Gasteiger partial charge is 0.125 e. The first-order valence-electron chi connectivity index (χ1n) is 5.15. The molecule has 1 aromatic heterocycles. The van der Waals surface area contributed by atoms with Gasteiger partial charge >= 0.3 is 0 Å². The van der Waals surface area contributed by atoms with Crippen LogP contribution in [0.1, 0.15) is 27.7 Å². The molecule has 0 fully saturated rings. The van der Waals surface area contributed by atoms with E-state index in [1.165, 1.54) is 0 Å². The van der Waals surface area contributed by atoms with Crippen molar-refractivity contribution in [3.63, 3.8) is 0 Å². The highest BCUT2D eigenvalue weighted by molar-refractivity contribution is 5.32. The van der Waals surface area contributed by atoms with E-state index in [0.29, 0.717) is 11.3 Å². The zero-order valence-electron chi connectivity index (χ0n) is 9.54. The van der Waals surface area contributed by atoms with Gasteiger partial charge in [-0.2, -0.15) is 0 Å². The summed E-state index contributed by atoms with van der Waals surface area (Å²) < 4.78 is 0. The fourth-order valence-electron chi connectivity index (χ4n) is 1.03. The minimum absolute atomic E-state index is 0.349. The van der Waals surface area contributed by atoms with E-state index in [4.69, 9.17) is 0 Å². The summed E-state index contributed by atoms with van der Waals surface area (Å²) in [6, 6.07) is 5.92. The number of nitrogens with zero attached hydrogens (tertiary/aromatic N) is 1.